The summed E-state index contributed by atoms with van der Waals surface area (Å²) in [7, 11) is 0. The Morgan fingerprint density at radius 1 is 1.18 bits per heavy atom. The molecule has 1 aliphatic rings. The van der Waals surface area contributed by atoms with E-state index >= 15 is 0 Å². The van der Waals surface area contributed by atoms with Gasteiger partial charge in [-0.1, -0.05) is 18.9 Å². The molecule has 17 heavy (non-hydrogen) atoms. The largest absolute Gasteiger partial charge is 0.387 e. The average molecular weight is 241 g/mol. The first kappa shape index (κ1) is 12.5. The lowest BCUT2D eigenvalue weighted by atomic mass is 9.97. The van der Waals surface area contributed by atoms with Gasteiger partial charge in [-0.05, 0) is 31.5 Å². The van der Waals surface area contributed by atoms with Gasteiger partial charge in [-0.3, -0.25) is 0 Å². The third-order valence-electron chi connectivity index (χ3n) is 3.28. The monoisotopic (exact) mass is 241 g/mol. The molecule has 1 aliphatic heterocycles. The van der Waals surface area contributed by atoms with Crippen LogP contribution in [0.1, 0.15) is 37.4 Å². The Balaban J connectivity index is 2.20. The molecule has 0 radical (unpaired) electrons. The number of aliphatic hydroxyl groups is 1. The molecule has 0 saturated carbocycles. The molecule has 94 valence electrons. The number of halogens is 2. The van der Waals surface area contributed by atoms with E-state index in [0.717, 1.165) is 32.2 Å². The van der Waals surface area contributed by atoms with Gasteiger partial charge in [-0.15, -0.1) is 0 Å². The Labute approximate surface area is 99.7 Å². The first-order chi connectivity index (χ1) is 8.20. The van der Waals surface area contributed by atoms with Crippen LogP contribution in [0.25, 0.3) is 0 Å². The predicted molar refractivity (Wildman–Crippen MR) is 61.6 cm³/mol. The second-order valence-corrected chi connectivity index (χ2v) is 4.49. The number of nitrogens with one attached hydrogen (secondary N) is 1. The quantitative estimate of drug-likeness (QED) is 0.834. The predicted octanol–water partition coefficient (Wildman–Crippen LogP) is 2.53. The summed E-state index contributed by atoms with van der Waals surface area (Å²) in [6.07, 6.45) is 2.74. The molecule has 1 heterocycles. The molecule has 2 unspecified atom stereocenters. The van der Waals surface area contributed by atoms with Crippen molar-refractivity contribution in [3.05, 3.63) is 35.4 Å². The van der Waals surface area contributed by atoms with E-state index in [1.807, 2.05) is 0 Å². The fraction of sp³-hybridized carbons (Fsp3) is 0.538. The van der Waals surface area contributed by atoms with Crippen LogP contribution in [0.15, 0.2) is 18.2 Å². The molecule has 2 atom stereocenters. The Morgan fingerprint density at radius 2 is 1.88 bits per heavy atom. The highest BCUT2D eigenvalue weighted by molar-refractivity contribution is 5.23. The van der Waals surface area contributed by atoms with Crippen molar-refractivity contribution >= 4 is 0 Å². The third kappa shape index (κ3) is 2.82. The summed E-state index contributed by atoms with van der Waals surface area (Å²) >= 11 is 0. The van der Waals surface area contributed by atoms with Crippen LogP contribution in [-0.4, -0.2) is 17.7 Å². The molecule has 2 N–H and O–H groups in total. The highest BCUT2D eigenvalue weighted by Gasteiger charge is 2.26. The lowest BCUT2D eigenvalue weighted by molar-refractivity contribution is 0.118. The van der Waals surface area contributed by atoms with Gasteiger partial charge in [0.2, 0.25) is 0 Å². The van der Waals surface area contributed by atoms with E-state index in [0.29, 0.717) is 0 Å². The molecule has 0 spiro atoms. The maximum absolute atomic E-state index is 13.5. The van der Waals surface area contributed by atoms with Crippen molar-refractivity contribution in [3.63, 3.8) is 0 Å². The summed E-state index contributed by atoms with van der Waals surface area (Å²) in [5.74, 6) is -1.35. The third-order valence-corrected chi connectivity index (χ3v) is 3.28. The van der Waals surface area contributed by atoms with Crippen LogP contribution >= 0.6 is 0 Å². The molecule has 1 fully saturated rings. The van der Waals surface area contributed by atoms with Crippen LogP contribution in [0, 0.1) is 11.6 Å². The second-order valence-electron chi connectivity index (χ2n) is 4.49. The van der Waals surface area contributed by atoms with Crippen molar-refractivity contribution in [3.8, 4) is 0 Å². The summed E-state index contributed by atoms with van der Waals surface area (Å²) in [5.41, 5.74) is -0.216. The van der Waals surface area contributed by atoms with Gasteiger partial charge >= 0.3 is 0 Å². The molecule has 2 nitrogen and oxygen atoms in total. The van der Waals surface area contributed by atoms with Crippen molar-refractivity contribution in [2.24, 2.45) is 0 Å². The normalized spacial score (nSPS) is 23.1. The number of hydrogen-bond donors (Lipinski definition) is 2. The zero-order chi connectivity index (χ0) is 12.3. The highest BCUT2D eigenvalue weighted by Crippen LogP contribution is 2.26. The van der Waals surface area contributed by atoms with Crippen molar-refractivity contribution in [2.45, 2.75) is 37.8 Å². The number of rotatable bonds is 2. The molecule has 0 aliphatic carbocycles. The molecule has 2 rings (SSSR count). The van der Waals surface area contributed by atoms with Gasteiger partial charge in [-0.25, -0.2) is 8.78 Å². The van der Waals surface area contributed by atoms with Crippen LogP contribution in [0.4, 0.5) is 8.78 Å². The van der Waals surface area contributed by atoms with Crippen LogP contribution in [-0.2, 0) is 0 Å². The Hall–Kier alpha value is -1.00. The van der Waals surface area contributed by atoms with Gasteiger partial charge in [0.1, 0.15) is 11.6 Å². The summed E-state index contributed by atoms with van der Waals surface area (Å²) in [6.45, 7) is 0.789. The van der Waals surface area contributed by atoms with Crippen LogP contribution in [0.5, 0.6) is 0 Å². The molecule has 0 bridgehead atoms. The first-order valence-corrected chi connectivity index (χ1v) is 6.05. The summed E-state index contributed by atoms with van der Waals surface area (Å²) in [4.78, 5) is 0. The fourth-order valence-electron chi connectivity index (χ4n) is 2.32. The number of aliphatic hydroxyl groups excluding tert-OH is 1. The van der Waals surface area contributed by atoms with Gasteiger partial charge in [0.05, 0.1) is 11.7 Å². The Bertz CT molecular complexity index is 355. The number of benzene rings is 1. The van der Waals surface area contributed by atoms with E-state index in [-0.39, 0.29) is 11.6 Å². The number of hydrogen-bond acceptors (Lipinski definition) is 2. The topological polar surface area (TPSA) is 32.3 Å². The van der Waals surface area contributed by atoms with Crippen molar-refractivity contribution in [2.75, 3.05) is 6.54 Å². The second kappa shape index (κ2) is 5.56. The van der Waals surface area contributed by atoms with Gasteiger partial charge in [-0.2, -0.15) is 0 Å². The zero-order valence-electron chi connectivity index (χ0n) is 9.63. The van der Waals surface area contributed by atoms with Crippen LogP contribution in [0.2, 0.25) is 0 Å². The van der Waals surface area contributed by atoms with Gasteiger partial charge < -0.3 is 10.4 Å². The fourth-order valence-corrected chi connectivity index (χ4v) is 2.32. The molecule has 1 aromatic carbocycles. The lowest BCUT2D eigenvalue weighted by Gasteiger charge is -2.23. The molecular formula is C13H17F2NO. The van der Waals surface area contributed by atoms with E-state index in [1.165, 1.54) is 18.2 Å². The van der Waals surface area contributed by atoms with E-state index in [4.69, 9.17) is 0 Å². The Kier molecular flexibility index (Phi) is 4.07. The SMILES string of the molecule is OC(c1c(F)cccc1F)C1CCCCCN1. The van der Waals surface area contributed by atoms with E-state index < -0.39 is 17.7 Å². The van der Waals surface area contributed by atoms with Crippen molar-refractivity contribution < 1.29 is 13.9 Å². The first-order valence-electron chi connectivity index (χ1n) is 6.05. The maximum Gasteiger partial charge on any atom is 0.132 e. The molecule has 1 aromatic rings. The maximum atomic E-state index is 13.5. The molecule has 4 heteroatoms. The van der Waals surface area contributed by atoms with Gasteiger partial charge in [0.15, 0.2) is 0 Å². The molecular weight excluding hydrogens is 224 g/mol. The summed E-state index contributed by atoms with van der Waals surface area (Å²) < 4.78 is 27.1. The van der Waals surface area contributed by atoms with Crippen LogP contribution in [0.3, 0.4) is 0 Å². The van der Waals surface area contributed by atoms with Gasteiger partial charge in [0.25, 0.3) is 0 Å². The standard InChI is InChI=1S/C13H17F2NO/c14-9-5-4-6-10(15)12(9)13(17)11-7-2-1-3-8-16-11/h4-6,11,13,16-17H,1-3,7-8H2. The lowest BCUT2D eigenvalue weighted by Crippen LogP contribution is -2.35. The minimum absolute atomic E-state index is 0.216. The van der Waals surface area contributed by atoms with Crippen molar-refractivity contribution in [1.82, 2.24) is 5.32 Å². The smallest absolute Gasteiger partial charge is 0.132 e. The zero-order valence-corrected chi connectivity index (χ0v) is 9.63. The van der Waals surface area contributed by atoms with Gasteiger partial charge in [0, 0.05) is 6.04 Å². The molecule has 0 amide bonds. The van der Waals surface area contributed by atoms with E-state index in [1.54, 1.807) is 0 Å². The van der Waals surface area contributed by atoms with E-state index in [2.05, 4.69) is 5.32 Å². The Morgan fingerprint density at radius 3 is 2.59 bits per heavy atom. The summed E-state index contributed by atoms with van der Waals surface area (Å²) in [6, 6.07) is 3.40. The van der Waals surface area contributed by atoms with Crippen molar-refractivity contribution in [1.29, 1.82) is 0 Å². The highest BCUT2D eigenvalue weighted by atomic mass is 19.1. The van der Waals surface area contributed by atoms with Crippen LogP contribution < -0.4 is 5.32 Å². The average Bonchev–Trinajstić information content (AvgIpc) is 2.57. The summed E-state index contributed by atoms with van der Waals surface area (Å²) in [5, 5.41) is 13.2. The molecule has 0 aromatic heterocycles. The minimum atomic E-state index is -1.12. The molecule has 1 saturated heterocycles. The minimum Gasteiger partial charge on any atom is -0.387 e. The van der Waals surface area contributed by atoms with E-state index in [9.17, 15) is 13.9 Å².